The lowest BCUT2D eigenvalue weighted by atomic mass is 10.3. The molecule has 1 aromatic heterocycles. The molecule has 1 aromatic carbocycles. The van der Waals surface area contributed by atoms with E-state index in [9.17, 15) is 0 Å². The van der Waals surface area contributed by atoms with Gasteiger partial charge in [0.15, 0.2) is 0 Å². The molecular weight excluding hydrogens is 268 g/mol. The maximum atomic E-state index is 5.60. The van der Waals surface area contributed by atoms with Gasteiger partial charge in [-0.3, -0.25) is 0 Å². The van der Waals surface area contributed by atoms with E-state index in [2.05, 4.69) is 20.8 Å². The molecule has 0 atom stereocenters. The van der Waals surface area contributed by atoms with Gasteiger partial charge in [-0.15, -0.1) is 5.10 Å². The third-order valence-corrected chi connectivity index (χ3v) is 3.06. The zero-order valence-electron chi connectivity index (χ0n) is 12.3. The van der Waals surface area contributed by atoms with Crippen LogP contribution in [0, 0.1) is 0 Å². The minimum absolute atomic E-state index is 0.168. The zero-order valence-corrected chi connectivity index (χ0v) is 12.3. The fraction of sp³-hybridized carbons (Fsp3) is 0.467. The molecule has 21 heavy (non-hydrogen) atoms. The summed E-state index contributed by atoms with van der Waals surface area (Å²) < 4.78 is 11.1. The smallest absolute Gasteiger partial charge is 0.320 e. The maximum Gasteiger partial charge on any atom is 0.320 e. The van der Waals surface area contributed by atoms with Gasteiger partial charge < -0.3 is 19.8 Å². The number of hydrogen-bond donors (Lipinski definition) is 2. The van der Waals surface area contributed by atoms with Crippen LogP contribution < -0.4 is 15.4 Å². The molecule has 3 rings (SSSR count). The number of rotatable bonds is 7. The van der Waals surface area contributed by atoms with Gasteiger partial charge in [0, 0.05) is 11.7 Å². The Hall–Kier alpha value is -2.08. The van der Waals surface area contributed by atoms with E-state index in [0.29, 0.717) is 24.5 Å². The summed E-state index contributed by atoms with van der Waals surface area (Å²) in [6, 6.07) is 8.69. The Kier molecular flexibility index (Phi) is 4.06. The molecule has 1 saturated carbocycles. The summed E-state index contributed by atoms with van der Waals surface area (Å²) in [5.41, 5.74) is 0.886. The minimum Gasteiger partial charge on any atom is -0.491 e. The van der Waals surface area contributed by atoms with Gasteiger partial charge in [0.2, 0.25) is 5.89 Å². The van der Waals surface area contributed by atoms with Crippen molar-refractivity contribution in [2.24, 2.45) is 0 Å². The summed E-state index contributed by atoms with van der Waals surface area (Å²) in [6.45, 7) is 4.63. The Labute approximate surface area is 123 Å². The SMILES string of the molecule is CC(C)Oc1ccc(Nc2nnc(CNC3CC3)o2)cc1. The van der Waals surface area contributed by atoms with E-state index in [1.165, 1.54) is 12.8 Å². The largest absolute Gasteiger partial charge is 0.491 e. The van der Waals surface area contributed by atoms with Crippen LogP contribution in [-0.2, 0) is 6.54 Å². The number of nitrogens with one attached hydrogen (secondary N) is 2. The standard InChI is InChI=1S/C15H20N4O2/c1-10(2)20-13-7-5-12(6-8-13)17-15-19-18-14(21-15)9-16-11-3-4-11/h5-8,10-11,16H,3-4,9H2,1-2H3,(H,17,19). The molecule has 0 radical (unpaired) electrons. The van der Waals surface area contributed by atoms with E-state index >= 15 is 0 Å². The highest BCUT2D eigenvalue weighted by atomic mass is 16.5. The predicted molar refractivity (Wildman–Crippen MR) is 79.6 cm³/mol. The Bertz CT molecular complexity index is 576. The normalized spacial score (nSPS) is 14.4. The molecule has 0 bridgehead atoms. The monoisotopic (exact) mass is 288 g/mol. The highest BCUT2D eigenvalue weighted by Gasteiger charge is 2.21. The minimum atomic E-state index is 0.168. The van der Waals surface area contributed by atoms with Crippen molar-refractivity contribution in [1.82, 2.24) is 15.5 Å². The molecule has 112 valence electrons. The van der Waals surface area contributed by atoms with Crippen LogP contribution in [0.2, 0.25) is 0 Å². The van der Waals surface area contributed by atoms with E-state index in [4.69, 9.17) is 9.15 Å². The van der Waals surface area contributed by atoms with E-state index in [0.717, 1.165) is 11.4 Å². The van der Waals surface area contributed by atoms with Crippen LogP contribution in [0.4, 0.5) is 11.7 Å². The van der Waals surface area contributed by atoms with E-state index < -0.39 is 0 Å². The summed E-state index contributed by atoms with van der Waals surface area (Å²) in [6.07, 6.45) is 2.65. The predicted octanol–water partition coefficient (Wildman–Crippen LogP) is 2.85. The average Bonchev–Trinajstić information content (AvgIpc) is 3.18. The molecule has 0 spiro atoms. The Morgan fingerprint density at radius 2 is 2.00 bits per heavy atom. The van der Waals surface area contributed by atoms with Crippen molar-refractivity contribution in [2.75, 3.05) is 5.32 Å². The van der Waals surface area contributed by atoms with Gasteiger partial charge in [-0.05, 0) is 51.0 Å². The second-order valence-corrected chi connectivity index (χ2v) is 5.47. The van der Waals surface area contributed by atoms with Crippen LogP contribution in [0.3, 0.4) is 0 Å². The maximum absolute atomic E-state index is 5.60. The first kappa shape index (κ1) is 13.9. The van der Waals surface area contributed by atoms with Crippen LogP contribution in [0.1, 0.15) is 32.6 Å². The molecule has 0 unspecified atom stereocenters. The molecule has 6 nitrogen and oxygen atoms in total. The van der Waals surface area contributed by atoms with E-state index in [-0.39, 0.29) is 6.10 Å². The summed E-state index contributed by atoms with van der Waals surface area (Å²) in [5.74, 6) is 1.44. The summed E-state index contributed by atoms with van der Waals surface area (Å²) in [4.78, 5) is 0. The molecule has 0 saturated heterocycles. The van der Waals surface area contributed by atoms with Crippen molar-refractivity contribution in [1.29, 1.82) is 0 Å². The van der Waals surface area contributed by atoms with Crippen molar-refractivity contribution in [3.05, 3.63) is 30.2 Å². The Morgan fingerprint density at radius 1 is 1.24 bits per heavy atom. The van der Waals surface area contributed by atoms with Crippen LogP contribution >= 0.6 is 0 Å². The number of aromatic nitrogens is 2. The quantitative estimate of drug-likeness (QED) is 0.816. The molecule has 2 aromatic rings. The summed E-state index contributed by atoms with van der Waals surface area (Å²) in [7, 11) is 0. The third-order valence-electron chi connectivity index (χ3n) is 3.06. The second-order valence-electron chi connectivity index (χ2n) is 5.47. The first-order valence-electron chi connectivity index (χ1n) is 7.28. The highest BCUT2D eigenvalue weighted by molar-refractivity contribution is 5.53. The number of benzene rings is 1. The first-order chi connectivity index (χ1) is 10.2. The Morgan fingerprint density at radius 3 is 2.67 bits per heavy atom. The highest BCUT2D eigenvalue weighted by Crippen LogP contribution is 2.21. The van der Waals surface area contributed by atoms with Gasteiger partial charge in [0.25, 0.3) is 0 Å². The van der Waals surface area contributed by atoms with Gasteiger partial charge in [-0.2, -0.15) is 0 Å². The fourth-order valence-corrected chi connectivity index (χ4v) is 1.91. The molecule has 0 amide bonds. The van der Waals surface area contributed by atoms with Crippen molar-refractivity contribution in [3.63, 3.8) is 0 Å². The van der Waals surface area contributed by atoms with Gasteiger partial charge in [-0.25, -0.2) is 0 Å². The van der Waals surface area contributed by atoms with Crippen molar-refractivity contribution in [2.45, 2.75) is 45.4 Å². The van der Waals surface area contributed by atoms with Crippen molar-refractivity contribution >= 4 is 11.7 Å². The van der Waals surface area contributed by atoms with Crippen molar-refractivity contribution in [3.8, 4) is 5.75 Å². The van der Waals surface area contributed by atoms with Gasteiger partial charge in [0.05, 0.1) is 12.6 Å². The Balaban J connectivity index is 1.55. The van der Waals surface area contributed by atoms with Crippen LogP contribution in [0.5, 0.6) is 5.75 Å². The molecule has 6 heteroatoms. The van der Waals surface area contributed by atoms with E-state index in [1.54, 1.807) is 0 Å². The second kappa shape index (κ2) is 6.13. The molecule has 1 aliphatic rings. The lowest BCUT2D eigenvalue weighted by Gasteiger charge is -2.09. The number of ether oxygens (including phenoxy) is 1. The number of hydrogen-bond acceptors (Lipinski definition) is 6. The van der Waals surface area contributed by atoms with E-state index in [1.807, 2.05) is 38.1 Å². The van der Waals surface area contributed by atoms with Gasteiger partial charge >= 0.3 is 6.01 Å². The molecule has 1 fully saturated rings. The van der Waals surface area contributed by atoms with Crippen molar-refractivity contribution < 1.29 is 9.15 Å². The lowest BCUT2D eigenvalue weighted by molar-refractivity contribution is 0.242. The van der Waals surface area contributed by atoms with Crippen LogP contribution in [0.25, 0.3) is 0 Å². The molecule has 1 heterocycles. The molecule has 2 N–H and O–H groups in total. The zero-order chi connectivity index (χ0) is 14.7. The van der Waals surface area contributed by atoms with Crippen LogP contribution in [-0.4, -0.2) is 22.3 Å². The van der Waals surface area contributed by atoms with Gasteiger partial charge in [0.1, 0.15) is 5.75 Å². The third kappa shape index (κ3) is 4.19. The lowest BCUT2D eigenvalue weighted by Crippen LogP contribution is -2.15. The fourth-order valence-electron chi connectivity index (χ4n) is 1.91. The summed E-state index contributed by atoms with van der Waals surface area (Å²) >= 11 is 0. The van der Waals surface area contributed by atoms with Crippen LogP contribution in [0.15, 0.2) is 28.7 Å². The van der Waals surface area contributed by atoms with Gasteiger partial charge in [-0.1, -0.05) is 5.10 Å². The number of nitrogens with zero attached hydrogens (tertiary/aromatic N) is 2. The summed E-state index contributed by atoms with van der Waals surface area (Å²) in [5, 5.41) is 14.4. The average molecular weight is 288 g/mol. The molecule has 0 aliphatic heterocycles. The molecule has 1 aliphatic carbocycles. The first-order valence-corrected chi connectivity index (χ1v) is 7.28. The number of anilines is 2. The molecular formula is C15H20N4O2. The topological polar surface area (TPSA) is 72.2 Å².